The summed E-state index contributed by atoms with van der Waals surface area (Å²) >= 11 is 1.96. The number of nitrogens with one attached hydrogen (secondary N) is 1. The lowest BCUT2D eigenvalue weighted by atomic mass is 9.93. The second-order valence-corrected chi connectivity index (χ2v) is 8.20. The van der Waals surface area contributed by atoms with Gasteiger partial charge in [-0.25, -0.2) is 4.79 Å². The van der Waals surface area contributed by atoms with E-state index < -0.39 is 11.6 Å². The lowest BCUT2D eigenvalue weighted by Crippen LogP contribution is -2.54. The summed E-state index contributed by atoms with van der Waals surface area (Å²) in [6, 6.07) is -0.174. The minimum Gasteiger partial charge on any atom is -0.336 e. The van der Waals surface area contributed by atoms with Gasteiger partial charge in [-0.2, -0.15) is 11.8 Å². The molecule has 1 saturated carbocycles. The Morgan fingerprint density at radius 1 is 1.35 bits per heavy atom. The Morgan fingerprint density at radius 3 is 2.78 bits per heavy atom. The largest absolute Gasteiger partial charge is 0.336 e. The molecule has 2 saturated heterocycles. The molecule has 2 heterocycles. The van der Waals surface area contributed by atoms with E-state index >= 15 is 0 Å². The average molecular weight is 339 g/mol. The highest BCUT2D eigenvalue weighted by Crippen LogP contribution is 2.35. The van der Waals surface area contributed by atoms with Crippen molar-refractivity contribution in [1.29, 1.82) is 0 Å². The van der Waals surface area contributed by atoms with E-state index in [1.807, 2.05) is 23.6 Å². The van der Waals surface area contributed by atoms with Crippen LogP contribution >= 0.6 is 11.8 Å². The zero-order valence-electron chi connectivity index (χ0n) is 13.8. The number of hydrogen-bond acceptors (Lipinski definition) is 4. The minimum atomic E-state index is -0.873. The molecule has 3 aliphatic rings. The Morgan fingerprint density at radius 2 is 2.09 bits per heavy atom. The van der Waals surface area contributed by atoms with E-state index in [-0.39, 0.29) is 24.4 Å². The molecular formula is C16H25N3O3S. The molecule has 3 rings (SSSR count). The van der Waals surface area contributed by atoms with Gasteiger partial charge in [-0.1, -0.05) is 19.8 Å². The molecule has 0 bridgehead atoms. The molecule has 128 valence electrons. The normalized spacial score (nSPS) is 34.3. The molecule has 0 radical (unpaired) electrons. The van der Waals surface area contributed by atoms with Crippen molar-refractivity contribution >= 4 is 29.6 Å². The first-order chi connectivity index (χ1) is 11.0. The number of carbonyl (C=O) groups excluding carboxylic acids is 3. The smallest absolute Gasteiger partial charge is 0.325 e. The van der Waals surface area contributed by atoms with Crippen LogP contribution in [-0.2, 0) is 9.59 Å². The maximum absolute atomic E-state index is 12.7. The van der Waals surface area contributed by atoms with E-state index in [0.717, 1.165) is 36.5 Å². The number of imide groups is 1. The van der Waals surface area contributed by atoms with Gasteiger partial charge in [-0.3, -0.25) is 14.5 Å². The van der Waals surface area contributed by atoms with Crippen LogP contribution < -0.4 is 5.32 Å². The number of urea groups is 1. The summed E-state index contributed by atoms with van der Waals surface area (Å²) in [6.45, 7) is 4.16. The topological polar surface area (TPSA) is 69.7 Å². The zero-order chi connectivity index (χ0) is 16.6. The Hall–Kier alpha value is -1.24. The Bertz CT molecular complexity index is 525. The number of nitrogens with zero attached hydrogens (tertiary/aromatic N) is 2. The van der Waals surface area contributed by atoms with Crippen molar-refractivity contribution in [2.45, 2.75) is 62.8 Å². The predicted octanol–water partition coefficient (Wildman–Crippen LogP) is 1.59. The van der Waals surface area contributed by atoms with Gasteiger partial charge in [-0.05, 0) is 26.2 Å². The molecule has 0 aromatic heterocycles. The lowest BCUT2D eigenvalue weighted by molar-refractivity contribution is -0.140. The fourth-order valence-electron chi connectivity index (χ4n) is 3.76. The number of thioether (sulfide) groups is 1. The molecule has 0 aromatic carbocycles. The molecule has 2 aliphatic heterocycles. The Labute approximate surface area is 141 Å². The summed E-state index contributed by atoms with van der Waals surface area (Å²) in [5.41, 5.74) is -0.873. The number of hydrogen-bond donors (Lipinski definition) is 1. The third-order valence-electron chi connectivity index (χ3n) is 5.40. The highest BCUT2D eigenvalue weighted by Gasteiger charge is 2.48. The van der Waals surface area contributed by atoms with Crippen LogP contribution in [0.15, 0.2) is 0 Å². The molecule has 0 spiro atoms. The summed E-state index contributed by atoms with van der Waals surface area (Å²) in [5.74, 6) is 0.565. The van der Waals surface area contributed by atoms with Crippen molar-refractivity contribution in [3.8, 4) is 0 Å². The summed E-state index contributed by atoms with van der Waals surface area (Å²) < 4.78 is 0. The second kappa shape index (κ2) is 6.34. The first-order valence-corrected chi connectivity index (χ1v) is 9.56. The van der Waals surface area contributed by atoms with Crippen LogP contribution in [0.2, 0.25) is 0 Å². The van der Waals surface area contributed by atoms with Crippen molar-refractivity contribution in [2.75, 3.05) is 18.8 Å². The quantitative estimate of drug-likeness (QED) is 0.793. The molecule has 1 N–H and O–H groups in total. The van der Waals surface area contributed by atoms with Crippen LogP contribution in [0.3, 0.4) is 0 Å². The molecule has 3 fully saturated rings. The molecule has 4 amide bonds. The third-order valence-corrected chi connectivity index (χ3v) is 6.79. The van der Waals surface area contributed by atoms with Crippen molar-refractivity contribution in [1.82, 2.24) is 15.1 Å². The molecule has 0 aromatic rings. The van der Waals surface area contributed by atoms with E-state index in [2.05, 4.69) is 5.32 Å². The minimum absolute atomic E-state index is 0.0916. The van der Waals surface area contributed by atoms with Gasteiger partial charge in [0.05, 0.1) is 0 Å². The standard InChI is InChI=1S/C16H25N3O3S/c1-3-16(2)14(21)19(15(22)17-16)10-13(20)18-8-9-23-12-7-5-4-6-11(12)18/h11-12H,3-10H2,1-2H3,(H,17,22)/t11-,12-,16-/m0/s1. The van der Waals surface area contributed by atoms with Crippen LogP contribution in [0, 0.1) is 0 Å². The molecular weight excluding hydrogens is 314 g/mol. The van der Waals surface area contributed by atoms with Crippen molar-refractivity contribution in [2.24, 2.45) is 0 Å². The number of carbonyl (C=O) groups is 3. The third kappa shape index (κ3) is 2.95. The highest BCUT2D eigenvalue weighted by atomic mass is 32.2. The van der Waals surface area contributed by atoms with Gasteiger partial charge >= 0.3 is 6.03 Å². The van der Waals surface area contributed by atoms with E-state index in [1.165, 1.54) is 6.42 Å². The van der Waals surface area contributed by atoms with E-state index in [0.29, 0.717) is 11.7 Å². The molecule has 7 heteroatoms. The van der Waals surface area contributed by atoms with Gasteiger partial charge in [0.1, 0.15) is 12.1 Å². The van der Waals surface area contributed by atoms with Gasteiger partial charge in [0.2, 0.25) is 5.91 Å². The van der Waals surface area contributed by atoms with Crippen LogP contribution in [0.1, 0.15) is 46.0 Å². The van der Waals surface area contributed by atoms with Gasteiger partial charge < -0.3 is 10.2 Å². The summed E-state index contributed by atoms with van der Waals surface area (Å²) in [6.07, 6.45) is 5.11. The maximum Gasteiger partial charge on any atom is 0.325 e. The first-order valence-electron chi connectivity index (χ1n) is 8.51. The summed E-state index contributed by atoms with van der Waals surface area (Å²) in [4.78, 5) is 40.3. The van der Waals surface area contributed by atoms with Crippen molar-refractivity contribution < 1.29 is 14.4 Å². The summed E-state index contributed by atoms with van der Waals surface area (Å²) in [5, 5.41) is 3.23. The molecule has 6 nitrogen and oxygen atoms in total. The van der Waals surface area contributed by atoms with Crippen LogP contribution in [0.25, 0.3) is 0 Å². The van der Waals surface area contributed by atoms with Crippen LogP contribution in [0.4, 0.5) is 4.79 Å². The fourth-order valence-corrected chi connectivity index (χ4v) is 5.21. The number of rotatable bonds is 3. The van der Waals surface area contributed by atoms with Crippen LogP contribution in [-0.4, -0.2) is 63.3 Å². The van der Waals surface area contributed by atoms with E-state index in [9.17, 15) is 14.4 Å². The molecule has 1 aliphatic carbocycles. The van der Waals surface area contributed by atoms with E-state index in [1.54, 1.807) is 6.92 Å². The van der Waals surface area contributed by atoms with Gasteiger partial charge in [-0.15, -0.1) is 0 Å². The van der Waals surface area contributed by atoms with Gasteiger partial charge in [0.15, 0.2) is 0 Å². The van der Waals surface area contributed by atoms with Crippen LogP contribution in [0.5, 0.6) is 0 Å². The second-order valence-electron chi connectivity index (χ2n) is 6.86. The SMILES string of the molecule is CC[C@]1(C)NC(=O)N(CC(=O)N2CCS[C@H]3CCCC[C@@H]32)C1=O. The number of amides is 4. The monoisotopic (exact) mass is 339 g/mol. The van der Waals surface area contributed by atoms with Gasteiger partial charge in [0.25, 0.3) is 5.91 Å². The first kappa shape index (κ1) is 16.6. The Kier molecular flexibility index (Phi) is 4.58. The lowest BCUT2D eigenvalue weighted by Gasteiger charge is -2.43. The highest BCUT2D eigenvalue weighted by molar-refractivity contribution is 8.00. The van der Waals surface area contributed by atoms with Gasteiger partial charge in [0, 0.05) is 23.6 Å². The average Bonchev–Trinajstić information content (AvgIpc) is 2.78. The maximum atomic E-state index is 12.7. The van der Waals surface area contributed by atoms with Crippen molar-refractivity contribution in [3.63, 3.8) is 0 Å². The zero-order valence-corrected chi connectivity index (χ0v) is 14.7. The predicted molar refractivity (Wildman–Crippen MR) is 89.2 cm³/mol. The Balaban J connectivity index is 1.69. The molecule has 3 atom stereocenters. The molecule has 0 unspecified atom stereocenters. The molecule has 23 heavy (non-hydrogen) atoms. The van der Waals surface area contributed by atoms with E-state index in [4.69, 9.17) is 0 Å². The number of fused-ring (bicyclic) bond motifs is 1. The fraction of sp³-hybridized carbons (Fsp3) is 0.812. The summed E-state index contributed by atoms with van der Waals surface area (Å²) in [7, 11) is 0. The van der Waals surface area contributed by atoms with Crippen molar-refractivity contribution in [3.05, 3.63) is 0 Å².